The largest absolute Gasteiger partial charge is 0.293 e. The Morgan fingerprint density at radius 2 is 1.81 bits per heavy atom. The molecule has 2 aromatic carbocycles. The van der Waals surface area contributed by atoms with E-state index in [2.05, 4.69) is 11.1 Å². The number of fused-ring (bicyclic) bond motifs is 1. The highest BCUT2D eigenvalue weighted by molar-refractivity contribution is 6.37. The van der Waals surface area contributed by atoms with E-state index in [4.69, 9.17) is 34.8 Å². The number of aryl methyl sites for hydroxylation is 2. The van der Waals surface area contributed by atoms with E-state index in [0.29, 0.717) is 22.3 Å². The molecule has 0 atom stereocenters. The zero-order valence-electron chi connectivity index (χ0n) is 11.4. The summed E-state index contributed by atoms with van der Waals surface area (Å²) in [5, 5.41) is 1.19. The van der Waals surface area contributed by atoms with E-state index in [-0.39, 0.29) is 0 Å². The van der Waals surface area contributed by atoms with Crippen molar-refractivity contribution in [2.45, 2.75) is 13.3 Å². The third-order valence-electron chi connectivity index (χ3n) is 3.36. The number of benzene rings is 2. The van der Waals surface area contributed by atoms with Crippen LogP contribution in [0.5, 0.6) is 0 Å². The van der Waals surface area contributed by atoms with E-state index >= 15 is 0 Å². The summed E-state index contributed by atoms with van der Waals surface area (Å²) in [4.78, 5) is 4.68. The molecular formula is C16H13Cl3N2. The smallest absolute Gasteiger partial charge is 0.115 e. The molecule has 0 aliphatic rings. The van der Waals surface area contributed by atoms with Crippen molar-refractivity contribution in [3.63, 3.8) is 0 Å². The van der Waals surface area contributed by atoms with Crippen LogP contribution in [0.4, 0.5) is 0 Å². The maximum atomic E-state index is 6.36. The van der Waals surface area contributed by atoms with Crippen LogP contribution >= 0.6 is 34.8 Å². The molecule has 21 heavy (non-hydrogen) atoms. The van der Waals surface area contributed by atoms with Gasteiger partial charge in [0.2, 0.25) is 0 Å². The van der Waals surface area contributed by atoms with Gasteiger partial charge in [0.15, 0.2) is 0 Å². The lowest BCUT2D eigenvalue weighted by atomic mass is 10.2. The van der Waals surface area contributed by atoms with E-state index in [1.165, 1.54) is 0 Å². The SMILES string of the molecule is Cc1ccc2c(c1)nc(CCCl)n2-c1c(Cl)cccc1Cl. The van der Waals surface area contributed by atoms with E-state index < -0.39 is 0 Å². The summed E-state index contributed by atoms with van der Waals surface area (Å²) in [6.45, 7) is 2.04. The lowest BCUT2D eigenvalue weighted by Crippen LogP contribution is -2.03. The van der Waals surface area contributed by atoms with E-state index in [1.807, 2.05) is 41.8 Å². The summed E-state index contributed by atoms with van der Waals surface area (Å²) < 4.78 is 2.00. The Morgan fingerprint density at radius 3 is 2.48 bits per heavy atom. The van der Waals surface area contributed by atoms with Crippen molar-refractivity contribution in [1.82, 2.24) is 9.55 Å². The number of hydrogen-bond donors (Lipinski definition) is 0. The van der Waals surface area contributed by atoms with Crippen molar-refractivity contribution in [3.05, 3.63) is 57.8 Å². The first-order valence-electron chi connectivity index (χ1n) is 6.60. The van der Waals surface area contributed by atoms with Gasteiger partial charge in [-0.25, -0.2) is 4.98 Å². The first kappa shape index (κ1) is 14.7. The number of alkyl halides is 1. The summed E-state index contributed by atoms with van der Waals surface area (Å²) >= 11 is 18.6. The highest BCUT2D eigenvalue weighted by Gasteiger charge is 2.16. The molecule has 0 saturated carbocycles. The van der Waals surface area contributed by atoms with E-state index in [1.54, 1.807) is 0 Å². The van der Waals surface area contributed by atoms with Crippen molar-refractivity contribution < 1.29 is 0 Å². The summed E-state index contributed by atoms with van der Waals surface area (Å²) in [6.07, 6.45) is 0.650. The van der Waals surface area contributed by atoms with Crippen molar-refractivity contribution >= 4 is 45.8 Å². The Morgan fingerprint density at radius 1 is 1.10 bits per heavy atom. The van der Waals surface area contributed by atoms with Crippen LogP contribution in [0.3, 0.4) is 0 Å². The van der Waals surface area contributed by atoms with Gasteiger partial charge in [-0.3, -0.25) is 4.57 Å². The molecule has 0 radical (unpaired) electrons. The minimum Gasteiger partial charge on any atom is -0.293 e. The lowest BCUT2D eigenvalue weighted by Gasteiger charge is -2.12. The zero-order chi connectivity index (χ0) is 15.0. The Balaban J connectivity index is 2.36. The summed E-state index contributed by atoms with van der Waals surface area (Å²) in [5.74, 6) is 1.35. The fourth-order valence-corrected chi connectivity index (χ4v) is 3.18. The van der Waals surface area contributed by atoms with Gasteiger partial charge < -0.3 is 0 Å². The van der Waals surface area contributed by atoms with Crippen LogP contribution in [0, 0.1) is 6.92 Å². The highest BCUT2D eigenvalue weighted by Crippen LogP contribution is 2.33. The van der Waals surface area contributed by atoms with Gasteiger partial charge in [-0.05, 0) is 36.8 Å². The van der Waals surface area contributed by atoms with Crippen LogP contribution in [0.1, 0.15) is 11.4 Å². The molecule has 0 spiro atoms. The quantitative estimate of drug-likeness (QED) is 0.582. The number of halogens is 3. The molecule has 0 amide bonds. The van der Waals surface area contributed by atoms with E-state index in [9.17, 15) is 0 Å². The normalized spacial score (nSPS) is 11.2. The molecular weight excluding hydrogens is 327 g/mol. The van der Waals surface area contributed by atoms with Crippen LogP contribution < -0.4 is 0 Å². The lowest BCUT2D eigenvalue weighted by molar-refractivity contribution is 0.912. The van der Waals surface area contributed by atoms with Gasteiger partial charge in [0.25, 0.3) is 0 Å². The monoisotopic (exact) mass is 338 g/mol. The predicted molar refractivity (Wildman–Crippen MR) is 90.3 cm³/mol. The summed E-state index contributed by atoms with van der Waals surface area (Å²) in [7, 11) is 0. The van der Waals surface area contributed by atoms with Gasteiger partial charge in [0.05, 0.1) is 26.8 Å². The maximum Gasteiger partial charge on any atom is 0.115 e. The predicted octanol–water partition coefficient (Wildman–Crippen LogP) is 5.42. The molecule has 108 valence electrons. The topological polar surface area (TPSA) is 17.8 Å². The first-order valence-corrected chi connectivity index (χ1v) is 7.89. The second kappa shape index (κ2) is 5.88. The third-order valence-corrected chi connectivity index (χ3v) is 4.16. The molecule has 1 heterocycles. The summed E-state index contributed by atoms with van der Waals surface area (Å²) in [6, 6.07) is 11.6. The first-order chi connectivity index (χ1) is 10.1. The zero-order valence-corrected chi connectivity index (χ0v) is 13.7. The average Bonchev–Trinajstić information content (AvgIpc) is 2.77. The van der Waals surface area contributed by atoms with Gasteiger partial charge in [0, 0.05) is 12.3 Å². The standard InChI is InChI=1S/C16H13Cl3N2/c1-10-5-6-14-13(9-10)20-15(7-8-17)21(14)16-11(18)3-2-4-12(16)19/h2-6,9H,7-8H2,1H3. The molecule has 3 aromatic rings. The fourth-order valence-electron chi connectivity index (χ4n) is 2.44. The number of nitrogens with zero attached hydrogens (tertiary/aromatic N) is 2. The maximum absolute atomic E-state index is 6.36. The van der Waals surface area contributed by atoms with Crippen LogP contribution in [0.15, 0.2) is 36.4 Å². The van der Waals surface area contributed by atoms with Crippen molar-refractivity contribution in [2.75, 3.05) is 5.88 Å². The van der Waals surface area contributed by atoms with Gasteiger partial charge in [-0.1, -0.05) is 35.3 Å². The molecule has 5 heteroatoms. The molecule has 0 unspecified atom stereocenters. The number of imidazole rings is 1. The Kier molecular flexibility index (Phi) is 4.12. The average molecular weight is 340 g/mol. The highest BCUT2D eigenvalue weighted by atomic mass is 35.5. The minimum atomic E-state index is 0.490. The second-order valence-corrected chi connectivity index (χ2v) is 6.06. The Bertz CT molecular complexity index is 788. The number of hydrogen-bond acceptors (Lipinski definition) is 1. The van der Waals surface area contributed by atoms with Gasteiger partial charge in [0.1, 0.15) is 5.82 Å². The van der Waals surface area contributed by atoms with Crippen LogP contribution in [0.25, 0.3) is 16.7 Å². The van der Waals surface area contributed by atoms with E-state index in [0.717, 1.165) is 28.1 Å². The van der Waals surface area contributed by atoms with Crippen molar-refractivity contribution in [3.8, 4) is 5.69 Å². The summed E-state index contributed by atoms with van der Waals surface area (Å²) in [5.41, 5.74) is 3.82. The number of rotatable bonds is 3. The minimum absolute atomic E-state index is 0.490. The van der Waals surface area contributed by atoms with Crippen LogP contribution in [0.2, 0.25) is 10.0 Å². The molecule has 2 nitrogen and oxygen atoms in total. The second-order valence-electron chi connectivity index (χ2n) is 4.86. The Hall–Kier alpha value is -1.22. The van der Waals surface area contributed by atoms with Crippen molar-refractivity contribution in [2.24, 2.45) is 0 Å². The van der Waals surface area contributed by atoms with Gasteiger partial charge in [-0.2, -0.15) is 0 Å². The molecule has 3 rings (SSSR count). The number of para-hydroxylation sites is 1. The van der Waals surface area contributed by atoms with Gasteiger partial charge in [-0.15, -0.1) is 11.6 Å². The van der Waals surface area contributed by atoms with Crippen LogP contribution in [-0.4, -0.2) is 15.4 Å². The van der Waals surface area contributed by atoms with Crippen molar-refractivity contribution in [1.29, 1.82) is 0 Å². The molecule has 1 aromatic heterocycles. The molecule has 0 N–H and O–H groups in total. The number of aromatic nitrogens is 2. The molecule has 0 bridgehead atoms. The molecule has 0 saturated heterocycles. The molecule has 0 aliphatic carbocycles. The molecule has 0 fully saturated rings. The third kappa shape index (κ3) is 2.64. The van der Waals surface area contributed by atoms with Crippen LogP contribution in [-0.2, 0) is 6.42 Å². The Labute approximate surface area is 138 Å². The van der Waals surface area contributed by atoms with Gasteiger partial charge >= 0.3 is 0 Å². The molecule has 0 aliphatic heterocycles. The fraction of sp³-hybridized carbons (Fsp3) is 0.188.